The van der Waals surface area contributed by atoms with Gasteiger partial charge < -0.3 is 5.32 Å². The van der Waals surface area contributed by atoms with Crippen LogP contribution >= 0.6 is 0 Å². The molecule has 0 aromatic heterocycles. The quantitative estimate of drug-likeness (QED) is 0.628. The van der Waals surface area contributed by atoms with Crippen molar-refractivity contribution in [2.24, 2.45) is 5.41 Å². The molecule has 20 heavy (non-hydrogen) atoms. The van der Waals surface area contributed by atoms with Gasteiger partial charge in [0.15, 0.2) is 11.2 Å². The molecule has 0 spiro atoms. The molecule has 1 aliphatic rings. The van der Waals surface area contributed by atoms with E-state index in [0.717, 1.165) is 5.56 Å². The highest BCUT2D eigenvalue weighted by Crippen LogP contribution is 2.37. The minimum Gasteiger partial charge on any atom is -0.350 e. The number of ketones is 1. The summed E-state index contributed by atoms with van der Waals surface area (Å²) in [6.45, 7) is 7.34. The first kappa shape index (κ1) is 14.3. The summed E-state index contributed by atoms with van der Waals surface area (Å²) in [7, 11) is 0. The molecule has 0 unspecified atom stereocenters. The van der Waals surface area contributed by atoms with Crippen molar-refractivity contribution in [3.63, 3.8) is 0 Å². The Kier molecular flexibility index (Phi) is 3.43. The number of nitrogens with one attached hydrogen (secondary N) is 1. The van der Waals surface area contributed by atoms with Gasteiger partial charge in [-0.2, -0.15) is 0 Å². The number of hydrogen-bond acceptors (Lipinski definition) is 2. The van der Waals surface area contributed by atoms with E-state index < -0.39 is 11.0 Å². The topological polar surface area (TPSA) is 46.2 Å². The van der Waals surface area contributed by atoms with E-state index in [0.29, 0.717) is 12.0 Å². The molecule has 1 aromatic rings. The molecule has 3 heteroatoms. The zero-order valence-electron chi connectivity index (χ0n) is 12.3. The van der Waals surface area contributed by atoms with Gasteiger partial charge in [0.1, 0.15) is 0 Å². The summed E-state index contributed by atoms with van der Waals surface area (Å²) in [6.07, 6.45) is 0.352. The Morgan fingerprint density at radius 1 is 1.30 bits per heavy atom. The highest BCUT2D eigenvalue weighted by atomic mass is 16.2. The summed E-state index contributed by atoms with van der Waals surface area (Å²) >= 11 is 0. The standard InChI is InChI=1S/C17H19NO2/c1-5-10-17(15(20)18-16(2,3)4)11-12-8-6-7-9-13(12)14(17)19/h6-9H,11H2,1-4H3,(H,18,20)/t17-/m0/s1. The van der Waals surface area contributed by atoms with E-state index in [1.165, 1.54) is 0 Å². The van der Waals surface area contributed by atoms with Crippen LogP contribution in [0.2, 0.25) is 0 Å². The smallest absolute Gasteiger partial charge is 0.247 e. The van der Waals surface area contributed by atoms with E-state index in [-0.39, 0.29) is 11.7 Å². The Bertz CT molecular complexity index is 628. The lowest BCUT2D eigenvalue weighted by Gasteiger charge is -2.27. The molecule has 0 radical (unpaired) electrons. The second-order valence-corrected chi connectivity index (χ2v) is 6.15. The van der Waals surface area contributed by atoms with Gasteiger partial charge in [0.25, 0.3) is 0 Å². The Labute approximate surface area is 119 Å². The molecule has 3 nitrogen and oxygen atoms in total. The third kappa shape index (κ3) is 2.34. The molecule has 1 aliphatic carbocycles. The van der Waals surface area contributed by atoms with Crippen molar-refractivity contribution in [2.45, 2.75) is 39.7 Å². The maximum absolute atomic E-state index is 12.7. The van der Waals surface area contributed by atoms with Crippen molar-refractivity contribution in [3.05, 3.63) is 35.4 Å². The first-order chi connectivity index (χ1) is 9.30. The Hall–Kier alpha value is -2.08. The van der Waals surface area contributed by atoms with Crippen LogP contribution in [0.15, 0.2) is 24.3 Å². The van der Waals surface area contributed by atoms with Crippen molar-refractivity contribution in [1.29, 1.82) is 0 Å². The van der Waals surface area contributed by atoms with E-state index >= 15 is 0 Å². The minimum atomic E-state index is -1.27. The summed E-state index contributed by atoms with van der Waals surface area (Å²) in [5.41, 5.74) is -0.163. The van der Waals surface area contributed by atoms with Gasteiger partial charge in [-0.3, -0.25) is 9.59 Å². The first-order valence-electron chi connectivity index (χ1n) is 6.69. The van der Waals surface area contributed by atoms with E-state index in [1.54, 1.807) is 13.0 Å². The summed E-state index contributed by atoms with van der Waals surface area (Å²) in [6, 6.07) is 7.34. The molecule has 0 aliphatic heterocycles. The van der Waals surface area contributed by atoms with E-state index in [1.807, 2.05) is 39.0 Å². The molecule has 1 atom stereocenters. The van der Waals surface area contributed by atoms with E-state index in [9.17, 15) is 9.59 Å². The predicted molar refractivity (Wildman–Crippen MR) is 78.3 cm³/mol. The van der Waals surface area contributed by atoms with Crippen LogP contribution < -0.4 is 5.32 Å². The molecule has 104 valence electrons. The highest BCUT2D eigenvalue weighted by molar-refractivity contribution is 6.19. The highest BCUT2D eigenvalue weighted by Gasteiger charge is 2.51. The molecule has 0 saturated heterocycles. The number of fused-ring (bicyclic) bond motifs is 1. The molecule has 1 N–H and O–H groups in total. The van der Waals surface area contributed by atoms with Gasteiger partial charge in [-0.15, -0.1) is 5.92 Å². The van der Waals surface area contributed by atoms with Gasteiger partial charge in [-0.25, -0.2) is 0 Å². The number of rotatable bonds is 1. The van der Waals surface area contributed by atoms with Crippen LogP contribution in [0.25, 0.3) is 0 Å². The molecular formula is C17H19NO2. The number of Topliss-reactive ketones (excluding diaryl/α,β-unsaturated/α-hetero) is 1. The third-order valence-corrected chi connectivity index (χ3v) is 3.32. The summed E-state index contributed by atoms with van der Waals surface area (Å²) in [5, 5.41) is 2.89. The van der Waals surface area contributed by atoms with Crippen LogP contribution in [-0.2, 0) is 11.2 Å². The number of carbonyl (C=O) groups is 2. The van der Waals surface area contributed by atoms with Gasteiger partial charge >= 0.3 is 0 Å². The summed E-state index contributed by atoms with van der Waals surface area (Å²) in [4.78, 5) is 25.3. The predicted octanol–water partition coefficient (Wildman–Crippen LogP) is 2.35. The van der Waals surface area contributed by atoms with Crippen LogP contribution in [0.1, 0.15) is 43.6 Å². The molecule has 1 aromatic carbocycles. The van der Waals surface area contributed by atoms with Crippen LogP contribution in [0.3, 0.4) is 0 Å². The lowest BCUT2D eigenvalue weighted by Crippen LogP contribution is -2.51. The van der Waals surface area contributed by atoms with Crippen LogP contribution in [0, 0.1) is 17.3 Å². The zero-order valence-corrected chi connectivity index (χ0v) is 12.3. The fourth-order valence-corrected chi connectivity index (χ4v) is 2.49. The maximum atomic E-state index is 12.7. The molecule has 0 saturated carbocycles. The summed E-state index contributed by atoms with van der Waals surface area (Å²) < 4.78 is 0. The van der Waals surface area contributed by atoms with Gasteiger partial charge in [-0.05, 0) is 33.3 Å². The van der Waals surface area contributed by atoms with Crippen molar-refractivity contribution in [3.8, 4) is 11.8 Å². The van der Waals surface area contributed by atoms with Crippen molar-refractivity contribution < 1.29 is 9.59 Å². The van der Waals surface area contributed by atoms with Crippen molar-refractivity contribution in [1.82, 2.24) is 5.32 Å². The fourth-order valence-electron chi connectivity index (χ4n) is 2.49. The lowest BCUT2D eigenvalue weighted by molar-refractivity contribution is -0.127. The number of amides is 1. The zero-order chi connectivity index (χ0) is 15.0. The second-order valence-electron chi connectivity index (χ2n) is 6.15. The third-order valence-electron chi connectivity index (χ3n) is 3.32. The fraction of sp³-hybridized carbons (Fsp3) is 0.412. The number of hydrogen-bond donors (Lipinski definition) is 1. The maximum Gasteiger partial charge on any atom is 0.247 e. The number of benzene rings is 1. The van der Waals surface area contributed by atoms with Crippen molar-refractivity contribution in [2.75, 3.05) is 0 Å². The van der Waals surface area contributed by atoms with Crippen molar-refractivity contribution >= 4 is 11.7 Å². The molecule has 0 bridgehead atoms. The van der Waals surface area contributed by atoms with Gasteiger partial charge in [0.2, 0.25) is 5.91 Å². The van der Waals surface area contributed by atoms with E-state index in [4.69, 9.17) is 0 Å². The number of carbonyl (C=O) groups excluding carboxylic acids is 2. The van der Waals surface area contributed by atoms with Gasteiger partial charge in [0.05, 0.1) is 0 Å². The SMILES string of the molecule is CC#C[C@]1(C(=O)NC(C)(C)C)Cc2ccccc2C1=O. The molecular weight excluding hydrogens is 250 g/mol. The summed E-state index contributed by atoms with van der Waals surface area (Å²) in [5.74, 6) is 5.12. The monoisotopic (exact) mass is 269 g/mol. The average Bonchev–Trinajstić information content (AvgIpc) is 2.63. The van der Waals surface area contributed by atoms with Gasteiger partial charge in [-0.1, -0.05) is 30.2 Å². The largest absolute Gasteiger partial charge is 0.350 e. The average molecular weight is 269 g/mol. The molecule has 0 fully saturated rings. The normalized spacial score (nSPS) is 20.9. The molecule has 2 rings (SSSR count). The van der Waals surface area contributed by atoms with Crippen LogP contribution in [0.4, 0.5) is 0 Å². The lowest BCUT2D eigenvalue weighted by atomic mass is 9.82. The van der Waals surface area contributed by atoms with E-state index in [2.05, 4.69) is 17.2 Å². The van der Waals surface area contributed by atoms with Gasteiger partial charge in [0, 0.05) is 17.5 Å². The first-order valence-corrected chi connectivity index (χ1v) is 6.69. The van der Waals surface area contributed by atoms with Crippen LogP contribution in [-0.4, -0.2) is 17.2 Å². The van der Waals surface area contributed by atoms with Crippen LogP contribution in [0.5, 0.6) is 0 Å². The molecule has 1 amide bonds. The minimum absolute atomic E-state index is 0.191. The molecule has 0 heterocycles. The Morgan fingerprint density at radius 3 is 2.50 bits per heavy atom. The Morgan fingerprint density at radius 2 is 1.95 bits per heavy atom. The second kappa shape index (κ2) is 4.79. The Balaban J connectivity index is 2.46.